The third-order valence-electron chi connectivity index (χ3n) is 7.73. The second kappa shape index (κ2) is 9.28. The lowest BCUT2D eigenvalue weighted by atomic mass is 9.85. The fourth-order valence-electron chi connectivity index (χ4n) is 5.59. The van der Waals surface area contributed by atoms with Crippen molar-refractivity contribution in [1.82, 2.24) is 19.3 Å². The minimum absolute atomic E-state index is 0.169. The predicted molar refractivity (Wildman–Crippen MR) is 133 cm³/mol. The summed E-state index contributed by atoms with van der Waals surface area (Å²) in [6.07, 6.45) is 7.98. The van der Waals surface area contributed by atoms with Gasteiger partial charge in [-0.05, 0) is 56.1 Å². The van der Waals surface area contributed by atoms with E-state index < -0.39 is 15.6 Å². The lowest BCUT2D eigenvalue weighted by Gasteiger charge is -2.39. The highest BCUT2D eigenvalue weighted by molar-refractivity contribution is 7.89. The molecule has 0 bridgehead atoms. The highest BCUT2D eigenvalue weighted by Crippen LogP contribution is 2.36. The number of hydrogen-bond acceptors (Lipinski definition) is 6. The molecule has 34 heavy (non-hydrogen) atoms. The number of H-pyrrole nitrogens is 1. The van der Waals surface area contributed by atoms with E-state index in [1.807, 2.05) is 42.6 Å². The van der Waals surface area contributed by atoms with Crippen molar-refractivity contribution in [2.75, 3.05) is 30.8 Å². The summed E-state index contributed by atoms with van der Waals surface area (Å²) in [6, 6.07) is 11.9. The molecule has 182 valence electrons. The zero-order valence-corrected chi connectivity index (χ0v) is 20.4. The molecular formula is C25H33N5O3S. The number of sulfonamides is 1. The van der Waals surface area contributed by atoms with Crippen LogP contribution in [0.5, 0.6) is 0 Å². The maximum Gasteiger partial charge on any atom is 0.214 e. The summed E-state index contributed by atoms with van der Waals surface area (Å²) >= 11 is 0. The lowest BCUT2D eigenvalue weighted by molar-refractivity contribution is -0.00967. The second-order valence-corrected chi connectivity index (χ2v) is 11.8. The predicted octanol–water partition coefficient (Wildman–Crippen LogP) is 3.27. The average Bonchev–Trinajstić information content (AvgIpc) is 3.34. The zero-order valence-electron chi connectivity index (χ0n) is 19.6. The Labute approximate surface area is 201 Å². The number of aliphatic hydroxyl groups is 1. The molecule has 5 rings (SSSR count). The summed E-state index contributed by atoms with van der Waals surface area (Å²) in [5.74, 6) is 1.28. The standard InChI is InChI=1S/C25H33N5O3S/c1-29(24-22-11-14-26-23(22)27-18-28-24)21-9-7-19(8-10-21)17-34(32,33)30-15-12-25(31,13-16-30)20-5-3-2-4-6-20/h2-6,11,14,18-19,21,31H,7-10,12-13,15-17H2,1H3,(H,26,27,28). The molecule has 8 nitrogen and oxygen atoms in total. The first-order chi connectivity index (χ1) is 16.4. The van der Waals surface area contributed by atoms with Crippen LogP contribution in [-0.2, 0) is 15.6 Å². The molecule has 1 saturated carbocycles. The lowest BCUT2D eigenvalue weighted by Crippen LogP contribution is -2.47. The van der Waals surface area contributed by atoms with E-state index in [4.69, 9.17) is 0 Å². The summed E-state index contributed by atoms with van der Waals surface area (Å²) in [5, 5.41) is 12.0. The van der Waals surface area contributed by atoms with Crippen molar-refractivity contribution in [1.29, 1.82) is 0 Å². The minimum atomic E-state index is -3.34. The van der Waals surface area contributed by atoms with Crippen LogP contribution in [0, 0.1) is 5.92 Å². The van der Waals surface area contributed by atoms with Gasteiger partial charge in [-0.2, -0.15) is 0 Å². The summed E-state index contributed by atoms with van der Waals surface area (Å²) in [5.41, 5.74) is 0.759. The molecule has 2 aliphatic rings. The smallest absolute Gasteiger partial charge is 0.214 e. The van der Waals surface area contributed by atoms with Gasteiger partial charge in [0.2, 0.25) is 10.0 Å². The van der Waals surface area contributed by atoms with E-state index in [0.717, 1.165) is 48.1 Å². The molecule has 1 saturated heterocycles. The summed E-state index contributed by atoms with van der Waals surface area (Å²) < 4.78 is 27.9. The van der Waals surface area contributed by atoms with E-state index in [1.165, 1.54) is 0 Å². The molecular weight excluding hydrogens is 450 g/mol. The van der Waals surface area contributed by atoms with Crippen LogP contribution in [0.4, 0.5) is 5.82 Å². The van der Waals surface area contributed by atoms with Crippen LogP contribution in [-0.4, -0.2) is 64.7 Å². The molecule has 0 radical (unpaired) electrons. The Morgan fingerprint density at radius 1 is 1.09 bits per heavy atom. The largest absolute Gasteiger partial charge is 0.385 e. The van der Waals surface area contributed by atoms with Gasteiger partial charge < -0.3 is 15.0 Å². The van der Waals surface area contributed by atoms with Gasteiger partial charge in [-0.15, -0.1) is 0 Å². The SMILES string of the molecule is CN(c1ncnc2[nH]ccc12)C1CCC(CS(=O)(=O)N2CCC(O)(c3ccccc3)CC2)CC1. The molecule has 0 spiro atoms. The third-order valence-corrected chi connectivity index (χ3v) is 9.78. The van der Waals surface area contributed by atoms with E-state index >= 15 is 0 Å². The van der Waals surface area contributed by atoms with Crippen LogP contribution in [0.15, 0.2) is 48.9 Å². The number of benzene rings is 1. The monoisotopic (exact) mass is 483 g/mol. The number of nitrogens with zero attached hydrogens (tertiary/aromatic N) is 4. The quantitative estimate of drug-likeness (QED) is 0.558. The van der Waals surface area contributed by atoms with Crippen molar-refractivity contribution in [3.8, 4) is 0 Å². The number of piperidine rings is 1. The molecule has 1 aliphatic heterocycles. The number of nitrogens with one attached hydrogen (secondary N) is 1. The van der Waals surface area contributed by atoms with Gasteiger partial charge >= 0.3 is 0 Å². The van der Waals surface area contributed by atoms with Crippen LogP contribution in [0.3, 0.4) is 0 Å². The van der Waals surface area contributed by atoms with Gasteiger partial charge in [0.1, 0.15) is 17.8 Å². The maximum atomic E-state index is 13.2. The number of aromatic amines is 1. The van der Waals surface area contributed by atoms with Crippen molar-refractivity contribution >= 4 is 26.9 Å². The summed E-state index contributed by atoms with van der Waals surface area (Å²) in [7, 11) is -1.28. The van der Waals surface area contributed by atoms with Crippen molar-refractivity contribution in [2.24, 2.45) is 5.92 Å². The van der Waals surface area contributed by atoms with Gasteiger partial charge in [0, 0.05) is 32.4 Å². The topological polar surface area (TPSA) is 102 Å². The molecule has 2 aromatic heterocycles. The molecule has 2 fully saturated rings. The normalized spacial score (nSPS) is 23.7. The van der Waals surface area contributed by atoms with Crippen LogP contribution in [0.2, 0.25) is 0 Å². The summed E-state index contributed by atoms with van der Waals surface area (Å²) in [4.78, 5) is 14.1. The fraction of sp³-hybridized carbons (Fsp3) is 0.520. The number of fused-ring (bicyclic) bond motifs is 1. The van der Waals surface area contributed by atoms with Crippen LogP contribution >= 0.6 is 0 Å². The number of hydrogen-bond donors (Lipinski definition) is 2. The molecule has 0 atom stereocenters. The van der Waals surface area contributed by atoms with E-state index in [-0.39, 0.29) is 11.7 Å². The van der Waals surface area contributed by atoms with Crippen LogP contribution in [0.1, 0.15) is 44.1 Å². The molecule has 3 heterocycles. The Morgan fingerprint density at radius 2 is 1.79 bits per heavy atom. The van der Waals surface area contributed by atoms with Gasteiger partial charge in [0.15, 0.2) is 0 Å². The van der Waals surface area contributed by atoms with Crippen molar-refractivity contribution in [3.63, 3.8) is 0 Å². The van der Waals surface area contributed by atoms with E-state index in [0.29, 0.717) is 32.0 Å². The number of aromatic nitrogens is 3. The molecule has 9 heteroatoms. The zero-order chi connectivity index (χ0) is 23.8. The highest BCUT2D eigenvalue weighted by atomic mass is 32.2. The Balaban J connectivity index is 1.16. The van der Waals surface area contributed by atoms with Gasteiger partial charge in [0.25, 0.3) is 0 Å². The highest BCUT2D eigenvalue weighted by Gasteiger charge is 2.39. The van der Waals surface area contributed by atoms with Crippen LogP contribution in [0.25, 0.3) is 11.0 Å². The first-order valence-corrected chi connectivity index (χ1v) is 13.7. The minimum Gasteiger partial charge on any atom is -0.385 e. The first kappa shape index (κ1) is 23.3. The van der Waals surface area contributed by atoms with Crippen LogP contribution < -0.4 is 4.90 Å². The maximum absolute atomic E-state index is 13.2. The fourth-order valence-corrected chi connectivity index (χ4v) is 7.46. The number of rotatable bonds is 6. The first-order valence-electron chi connectivity index (χ1n) is 12.1. The Kier molecular flexibility index (Phi) is 6.35. The van der Waals surface area contributed by atoms with Gasteiger partial charge in [-0.3, -0.25) is 0 Å². The number of anilines is 1. The van der Waals surface area contributed by atoms with Crippen molar-refractivity contribution in [3.05, 3.63) is 54.5 Å². The van der Waals surface area contributed by atoms with Gasteiger partial charge in [0.05, 0.1) is 16.7 Å². The molecule has 2 N–H and O–H groups in total. The van der Waals surface area contributed by atoms with Crippen molar-refractivity contribution < 1.29 is 13.5 Å². The molecule has 0 amide bonds. The molecule has 1 aromatic carbocycles. The van der Waals surface area contributed by atoms with Gasteiger partial charge in [-0.1, -0.05) is 30.3 Å². The Hall–Kier alpha value is -2.49. The van der Waals surface area contributed by atoms with Crippen molar-refractivity contribution in [2.45, 2.75) is 50.2 Å². The van der Waals surface area contributed by atoms with Gasteiger partial charge in [-0.25, -0.2) is 22.7 Å². The average molecular weight is 484 g/mol. The summed E-state index contributed by atoms with van der Waals surface area (Å²) in [6.45, 7) is 0.734. The third kappa shape index (κ3) is 4.56. The van der Waals surface area contributed by atoms with E-state index in [1.54, 1.807) is 10.6 Å². The second-order valence-electron chi connectivity index (χ2n) is 9.80. The Morgan fingerprint density at radius 3 is 2.50 bits per heavy atom. The molecule has 1 aliphatic carbocycles. The Bertz CT molecular complexity index is 1210. The van der Waals surface area contributed by atoms with E-state index in [2.05, 4.69) is 26.9 Å². The van der Waals surface area contributed by atoms with E-state index in [9.17, 15) is 13.5 Å². The molecule has 0 unspecified atom stereocenters. The molecule has 3 aromatic rings.